The smallest absolute Gasteiger partial charge is 0.348 e. The van der Waals surface area contributed by atoms with Crippen molar-refractivity contribution in [3.63, 3.8) is 0 Å². The molecule has 0 saturated carbocycles. The van der Waals surface area contributed by atoms with E-state index < -0.39 is 0 Å². The van der Waals surface area contributed by atoms with E-state index in [4.69, 9.17) is 4.74 Å². The highest BCUT2D eigenvalue weighted by Crippen LogP contribution is 2.21. The zero-order chi connectivity index (χ0) is 15.4. The Kier molecular flexibility index (Phi) is 4.70. The first-order valence-electron chi connectivity index (χ1n) is 7.30. The molecule has 3 rings (SSSR count). The summed E-state index contributed by atoms with van der Waals surface area (Å²) in [5.74, 6) is -0.236. The molecule has 0 unspecified atom stereocenters. The number of nitrogens with zero attached hydrogens (tertiary/aromatic N) is 3. The molecule has 0 bridgehead atoms. The van der Waals surface area contributed by atoms with Gasteiger partial charge in [0.2, 0.25) is 0 Å². The Morgan fingerprint density at radius 3 is 2.64 bits per heavy atom. The van der Waals surface area contributed by atoms with Crippen molar-refractivity contribution in [2.45, 2.75) is 6.54 Å². The maximum atomic E-state index is 11.7. The molecule has 2 aromatic heterocycles. The average molecular weight is 317 g/mol. The maximum Gasteiger partial charge on any atom is 0.348 e. The molecule has 0 atom stereocenters. The van der Waals surface area contributed by atoms with Gasteiger partial charge < -0.3 is 9.64 Å². The Bertz CT molecular complexity index is 621. The number of rotatable bonds is 4. The molecule has 116 valence electrons. The number of ether oxygens (including phenoxy) is 1. The Morgan fingerprint density at radius 1 is 1.23 bits per heavy atom. The first kappa shape index (κ1) is 15.0. The fraction of sp³-hybridized carbons (Fsp3) is 0.375. The summed E-state index contributed by atoms with van der Waals surface area (Å²) in [4.78, 5) is 21.3. The summed E-state index contributed by atoms with van der Waals surface area (Å²) in [6.07, 6.45) is 3.66. The van der Waals surface area contributed by atoms with Crippen LogP contribution in [0.15, 0.2) is 36.0 Å². The van der Waals surface area contributed by atoms with Crippen molar-refractivity contribution in [3.8, 4) is 0 Å². The Morgan fingerprint density at radius 2 is 1.95 bits per heavy atom. The molecule has 0 aromatic carbocycles. The van der Waals surface area contributed by atoms with E-state index in [1.807, 2.05) is 36.0 Å². The zero-order valence-corrected chi connectivity index (χ0v) is 13.4. The van der Waals surface area contributed by atoms with Crippen molar-refractivity contribution < 1.29 is 9.53 Å². The Hall–Kier alpha value is -1.92. The summed E-state index contributed by atoms with van der Waals surface area (Å²) in [6.45, 7) is 4.75. The molecule has 1 fully saturated rings. The molecule has 22 heavy (non-hydrogen) atoms. The van der Waals surface area contributed by atoms with E-state index in [0.29, 0.717) is 0 Å². The summed E-state index contributed by atoms with van der Waals surface area (Å²) < 4.78 is 4.84. The van der Waals surface area contributed by atoms with Crippen LogP contribution in [0.4, 0.5) is 5.69 Å². The largest absolute Gasteiger partial charge is 0.465 e. The van der Waals surface area contributed by atoms with Gasteiger partial charge in [0.15, 0.2) is 0 Å². The molecule has 0 radical (unpaired) electrons. The van der Waals surface area contributed by atoms with Crippen LogP contribution in [0.2, 0.25) is 0 Å². The number of hydrogen-bond donors (Lipinski definition) is 0. The van der Waals surface area contributed by atoms with Gasteiger partial charge in [-0.15, -0.1) is 11.3 Å². The topological polar surface area (TPSA) is 45.7 Å². The van der Waals surface area contributed by atoms with Gasteiger partial charge in [0.1, 0.15) is 4.88 Å². The van der Waals surface area contributed by atoms with Crippen LogP contribution in [0.5, 0.6) is 0 Å². The molecule has 0 aliphatic carbocycles. The second-order valence-corrected chi connectivity index (χ2v) is 6.15. The summed E-state index contributed by atoms with van der Waals surface area (Å²) in [5.41, 5.74) is 2.29. The van der Waals surface area contributed by atoms with Gasteiger partial charge in [-0.3, -0.25) is 9.88 Å². The molecule has 1 aliphatic rings. The third-order valence-electron chi connectivity index (χ3n) is 3.91. The number of carbonyl (C=O) groups excluding carboxylic acids is 1. The molecule has 0 amide bonds. The number of anilines is 1. The number of carbonyl (C=O) groups is 1. The number of methoxy groups -OCH3 is 1. The van der Waals surface area contributed by atoms with Gasteiger partial charge in [0.05, 0.1) is 7.11 Å². The Balaban J connectivity index is 1.59. The van der Waals surface area contributed by atoms with Gasteiger partial charge in [0, 0.05) is 50.8 Å². The molecule has 2 aromatic rings. The lowest BCUT2D eigenvalue weighted by atomic mass is 10.2. The molecule has 5 nitrogen and oxygen atoms in total. The molecule has 3 heterocycles. The summed E-state index contributed by atoms with van der Waals surface area (Å²) >= 11 is 1.45. The van der Waals surface area contributed by atoms with Gasteiger partial charge in [-0.05, 0) is 29.1 Å². The van der Waals surface area contributed by atoms with Crippen LogP contribution >= 0.6 is 11.3 Å². The molecule has 1 saturated heterocycles. The minimum atomic E-state index is -0.236. The highest BCUT2D eigenvalue weighted by atomic mass is 32.1. The van der Waals surface area contributed by atoms with Crippen molar-refractivity contribution in [1.82, 2.24) is 9.88 Å². The van der Waals surface area contributed by atoms with E-state index in [1.165, 1.54) is 24.1 Å². The molecular formula is C16H19N3O2S. The highest BCUT2D eigenvalue weighted by Gasteiger charge is 2.20. The molecule has 1 aliphatic heterocycles. The predicted molar refractivity (Wildman–Crippen MR) is 87.4 cm³/mol. The SMILES string of the molecule is COC(=O)c1sccc1CN1CCN(c2ccncc2)CC1. The minimum absolute atomic E-state index is 0.236. The van der Waals surface area contributed by atoms with Gasteiger partial charge >= 0.3 is 5.97 Å². The van der Waals surface area contributed by atoms with Crippen LogP contribution in [-0.4, -0.2) is 49.1 Å². The van der Waals surface area contributed by atoms with Crippen LogP contribution in [0, 0.1) is 0 Å². The highest BCUT2D eigenvalue weighted by molar-refractivity contribution is 7.12. The van der Waals surface area contributed by atoms with E-state index in [-0.39, 0.29) is 5.97 Å². The van der Waals surface area contributed by atoms with Crippen molar-refractivity contribution in [2.24, 2.45) is 0 Å². The summed E-state index contributed by atoms with van der Waals surface area (Å²) in [7, 11) is 1.43. The van der Waals surface area contributed by atoms with Crippen LogP contribution in [0.25, 0.3) is 0 Å². The van der Waals surface area contributed by atoms with E-state index in [2.05, 4.69) is 14.8 Å². The third kappa shape index (κ3) is 3.28. The summed E-state index contributed by atoms with van der Waals surface area (Å²) in [6, 6.07) is 6.11. The third-order valence-corrected chi connectivity index (χ3v) is 4.85. The monoisotopic (exact) mass is 317 g/mol. The van der Waals surface area contributed by atoms with Crippen LogP contribution in [0.3, 0.4) is 0 Å². The van der Waals surface area contributed by atoms with Crippen LogP contribution < -0.4 is 4.90 Å². The van der Waals surface area contributed by atoms with Crippen LogP contribution in [-0.2, 0) is 11.3 Å². The number of hydrogen-bond acceptors (Lipinski definition) is 6. The van der Waals surface area contributed by atoms with Gasteiger partial charge in [-0.1, -0.05) is 0 Å². The number of thiophene rings is 1. The zero-order valence-electron chi connectivity index (χ0n) is 12.6. The van der Waals surface area contributed by atoms with Crippen molar-refractivity contribution in [3.05, 3.63) is 46.4 Å². The second-order valence-electron chi connectivity index (χ2n) is 5.24. The number of aromatic nitrogens is 1. The number of piperazine rings is 1. The summed E-state index contributed by atoms with van der Waals surface area (Å²) in [5, 5.41) is 1.95. The lowest BCUT2D eigenvalue weighted by Gasteiger charge is -2.36. The van der Waals surface area contributed by atoms with Crippen LogP contribution in [0.1, 0.15) is 15.2 Å². The lowest BCUT2D eigenvalue weighted by Crippen LogP contribution is -2.46. The van der Waals surface area contributed by atoms with E-state index in [9.17, 15) is 4.79 Å². The predicted octanol–water partition coefficient (Wildman–Crippen LogP) is 2.25. The van der Waals surface area contributed by atoms with Gasteiger partial charge in [-0.2, -0.15) is 0 Å². The Labute approximate surface area is 134 Å². The van der Waals surface area contributed by atoms with Crippen molar-refractivity contribution in [1.29, 1.82) is 0 Å². The van der Waals surface area contributed by atoms with E-state index >= 15 is 0 Å². The first-order chi connectivity index (χ1) is 10.8. The molecule has 0 N–H and O–H groups in total. The molecule has 6 heteroatoms. The fourth-order valence-corrected chi connectivity index (χ4v) is 3.52. The van der Waals surface area contributed by atoms with Gasteiger partial charge in [-0.25, -0.2) is 4.79 Å². The molecular weight excluding hydrogens is 298 g/mol. The average Bonchev–Trinajstić information content (AvgIpc) is 3.04. The quantitative estimate of drug-likeness (QED) is 0.809. The minimum Gasteiger partial charge on any atom is -0.465 e. The van der Waals surface area contributed by atoms with E-state index in [0.717, 1.165) is 43.2 Å². The first-order valence-corrected chi connectivity index (χ1v) is 8.18. The van der Waals surface area contributed by atoms with Gasteiger partial charge in [0.25, 0.3) is 0 Å². The van der Waals surface area contributed by atoms with Crippen molar-refractivity contribution >= 4 is 23.0 Å². The molecule has 0 spiro atoms. The normalized spacial score (nSPS) is 15.8. The maximum absolute atomic E-state index is 11.7. The van der Waals surface area contributed by atoms with Crippen molar-refractivity contribution in [2.75, 3.05) is 38.2 Å². The number of pyridine rings is 1. The fourth-order valence-electron chi connectivity index (χ4n) is 2.69. The number of esters is 1. The lowest BCUT2D eigenvalue weighted by molar-refractivity contribution is 0.0604. The standard InChI is InChI=1S/C16H19N3O2S/c1-21-16(20)15-13(4-11-22-15)12-18-7-9-19(10-8-18)14-2-5-17-6-3-14/h2-6,11H,7-10,12H2,1H3. The van der Waals surface area contributed by atoms with E-state index in [1.54, 1.807) is 0 Å². The second kappa shape index (κ2) is 6.89.